The number of rotatable bonds is 7. The molecule has 0 aliphatic heterocycles. The van der Waals surface area contributed by atoms with Gasteiger partial charge in [0.1, 0.15) is 5.71 Å². The summed E-state index contributed by atoms with van der Waals surface area (Å²) in [5.74, 6) is -3.61. The summed E-state index contributed by atoms with van der Waals surface area (Å²) in [7, 11) is -3.90. The molecule has 0 saturated heterocycles. The van der Waals surface area contributed by atoms with Gasteiger partial charge in [0.05, 0.1) is 5.75 Å². The Morgan fingerprint density at radius 1 is 1.30 bits per heavy atom. The van der Waals surface area contributed by atoms with Gasteiger partial charge < -0.3 is 0 Å². The third-order valence-corrected chi connectivity index (χ3v) is 3.72. The van der Waals surface area contributed by atoms with Crippen LogP contribution in [-0.2, 0) is 20.3 Å². The van der Waals surface area contributed by atoms with E-state index in [0.717, 1.165) is 6.92 Å². The van der Waals surface area contributed by atoms with E-state index in [1.165, 1.54) is 24.3 Å². The molecule has 112 valence electrons. The summed E-state index contributed by atoms with van der Waals surface area (Å²) in [6, 6.07) is 7.03. The van der Waals surface area contributed by atoms with E-state index in [0.29, 0.717) is 12.8 Å². The normalized spacial score (nSPS) is 13.3. The molecular weight excluding hydrogens is 288 g/mol. The first-order valence-corrected chi connectivity index (χ1v) is 7.77. The molecule has 0 N–H and O–H groups in total. The number of nitrogens with zero attached hydrogens (tertiary/aromatic N) is 1. The molecule has 20 heavy (non-hydrogen) atoms. The molecule has 0 aromatic heterocycles. The van der Waals surface area contributed by atoms with Crippen molar-refractivity contribution in [1.29, 1.82) is 0 Å². The molecule has 0 bridgehead atoms. The van der Waals surface area contributed by atoms with Gasteiger partial charge in [0.15, 0.2) is 0 Å². The van der Waals surface area contributed by atoms with Crippen molar-refractivity contribution in [1.82, 2.24) is 0 Å². The van der Waals surface area contributed by atoms with E-state index in [-0.39, 0.29) is 11.3 Å². The lowest BCUT2D eigenvalue weighted by atomic mass is 10.1. The minimum atomic E-state index is -3.90. The highest BCUT2D eigenvalue weighted by molar-refractivity contribution is 7.86. The van der Waals surface area contributed by atoms with Crippen LogP contribution >= 0.6 is 0 Å². The maximum Gasteiger partial charge on any atom is 0.328 e. The topological polar surface area (TPSA) is 55.7 Å². The SMILES string of the molecule is CCCCS(=O)(=O)ON=C(C)C(F)(F)c1ccccc1. The van der Waals surface area contributed by atoms with Crippen molar-refractivity contribution >= 4 is 15.8 Å². The molecule has 0 heterocycles. The third-order valence-electron chi connectivity index (χ3n) is 2.63. The second-order valence-corrected chi connectivity index (χ2v) is 5.98. The Kier molecular flexibility index (Phi) is 5.62. The molecule has 7 heteroatoms. The summed E-state index contributed by atoms with van der Waals surface area (Å²) in [6.45, 7) is 2.84. The summed E-state index contributed by atoms with van der Waals surface area (Å²) in [6.07, 6.45) is 1.05. The van der Waals surface area contributed by atoms with E-state index in [1.54, 1.807) is 6.07 Å². The maximum absolute atomic E-state index is 14.0. The van der Waals surface area contributed by atoms with Crippen molar-refractivity contribution < 1.29 is 21.5 Å². The van der Waals surface area contributed by atoms with Gasteiger partial charge in [0, 0.05) is 5.56 Å². The standard InChI is InChI=1S/C13H17F2NO3S/c1-3-4-10-20(17,18)19-16-11(2)13(14,15)12-8-6-5-7-9-12/h5-9H,3-4,10H2,1-2H3. The second kappa shape index (κ2) is 6.78. The van der Waals surface area contributed by atoms with Crippen LogP contribution in [0.25, 0.3) is 0 Å². The number of benzene rings is 1. The van der Waals surface area contributed by atoms with Crippen LogP contribution in [0.15, 0.2) is 35.5 Å². The molecular formula is C13H17F2NO3S. The van der Waals surface area contributed by atoms with Crippen LogP contribution in [0.2, 0.25) is 0 Å². The largest absolute Gasteiger partial charge is 0.328 e. The number of unbranched alkanes of at least 4 members (excludes halogenated alkanes) is 1. The van der Waals surface area contributed by atoms with E-state index < -0.39 is 21.8 Å². The average molecular weight is 305 g/mol. The molecule has 1 aromatic rings. The van der Waals surface area contributed by atoms with Crippen molar-refractivity contribution in [2.75, 3.05) is 5.75 Å². The van der Waals surface area contributed by atoms with Gasteiger partial charge >= 0.3 is 16.0 Å². The van der Waals surface area contributed by atoms with Gasteiger partial charge in [0.2, 0.25) is 0 Å². The van der Waals surface area contributed by atoms with Crippen molar-refractivity contribution in [2.45, 2.75) is 32.6 Å². The summed E-state index contributed by atoms with van der Waals surface area (Å²) < 4.78 is 55.0. The Morgan fingerprint density at radius 2 is 1.90 bits per heavy atom. The van der Waals surface area contributed by atoms with Gasteiger partial charge in [-0.3, -0.25) is 4.28 Å². The minimum Gasteiger partial charge on any atom is -0.268 e. The highest BCUT2D eigenvalue weighted by Crippen LogP contribution is 2.29. The Morgan fingerprint density at radius 3 is 2.45 bits per heavy atom. The van der Waals surface area contributed by atoms with Crippen molar-refractivity contribution in [3.8, 4) is 0 Å². The van der Waals surface area contributed by atoms with E-state index in [1.807, 2.05) is 6.92 Å². The van der Waals surface area contributed by atoms with E-state index in [2.05, 4.69) is 9.44 Å². The molecule has 1 aromatic carbocycles. The lowest BCUT2D eigenvalue weighted by Crippen LogP contribution is -2.24. The van der Waals surface area contributed by atoms with Crippen LogP contribution in [-0.4, -0.2) is 19.9 Å². The summed E-state index contributed by atoms with van der Waals surface area (Å²) in [4.78, 5) is 0. The predicted octanol–water partition coefficient (Wildman–Crippen LogP) is 3.30. The molecule has 0 atom stereocenters. The van der Waals surface area contributed by atoms with E-state index >= 15 is 0 Å². The Bertz CT molecular complexity index is 556. The molecule has 0 amide bonds. The first-order chi connectivity index (χ1) is 9.29. The van der Waals surface area contributed by atoms with Crippen molar-refractivity contribution in [3.63, 3.8) is 0 Å². The van der Waals surface area contributed by atoms with Gasteiger partial charge in [-0.1, -0.05) is 48.8 Å². The fourth-order valence-corrected chi connectivity index (χ4v) is 2.33. The highest BCUT2D eigenvalue weighted by Gasteiger charge is 2.36. The first-order valence-electron chi connectivity index (χ1n) is 6.19. The summed E-state index contributed by atoms with van der Waals surface area (Å²) >= 11 is 0. The minimum absolute atomic E-state index is 0.239. The Labute approximate surface area is 117 Å². The molecule has 1 rings (SSSR count). The van der Waals surface area contributed by atoms with Crippen LogP contribution in [0.3, 0.4) is 0 Å². The zero-order valence-electron chi connectivity index (χ0n) is 11.3. The number of oxime groups is 1. The second-order valence-electron chi connectivity index (χ2n) is 4.31. The molecule has 0 unspecified atom stereocenters. The lowest BCUT2D eigenvalue weighted by Gasteiger charge is -2.15. The van der Waals surface area contributed by atoms with Gasteiger partial charge in [-0.05, 0) is 13.3 Å². The monoisotopic (exact) mass is 305 g/mol. The summed E-state index contributed by atoms with van der Waals surface area (Å²) in [5.41, 5.74) is -0.973. The van der Waals surface area contributed by atoms with Crippen LogP contribution in [0, 0.1) is 0 Å². The highest BCUT2D eigenvalue weighted by atomic mass is 32.2. The number of alkyl halides is 2. The van der Waals surface area contributed by atoms with Crippen LogP contribution < -0.4 is 0 Å². The number of hydrogen-bond donors (Lipinski definition) is 0. The van der Waals surface area contributed by atoms with Crippen LogP contribution in [0.4, 0.5) is 8.78 Å². The molecule has 0 saturated carbocycles. The molecule has 0 fully saturated rings. The molecule has 4 nitrogen and oxygen atoms in total. The number of hydrogen-bond acceptors (Lipinski definition) is 4. The van der Waals surface area contributed by atoms with Gasteiger partial charge in [-0.2, -0.15) is 17.2 Å². The van der Waals surface area contributed by atoms with Gasteiger partial charge in [-0.25, -0.2) is 0 Å². The van der Waals surface area contributed by atoms with Crippen molar-refractivity contribution in [2.24, 2.45) is 5.16 Å². The lowest BCUT2D eigenvalue weighted by molar-refractivity contribution is 0.0718. The maximum atomic E-state index is 14.0. The zero-order chi connectivity index (χ0) is 15.2. The fourth-order valence-electron chi connectivity index (χ4n) is 1.38. The molecule has 0 radical (unpaired) electrons. The van der Waals surface area contributed by atoms with Crippen LogP contribution in [0.5, 0.6) is 0 Å². The third kappa shape index (κ3) is 4.56. The number of halogens is 2. The van der Waals surface area contributed by atoms with E-state index in [9.17, 15) is 17.2 Å². The van der Waals surface area contributed by atoms with Crippen LogP contribution in [0.1, 0.15) is 32.3 Å². The Hall–Kier alpha value is -1.50. The van der Waals surface area contributed by atoms with Gasteiger partial charge in [-0.15, -0.1) is 0 Å². The van der Waals surface area contributed by atoms with Gasteiger partial charge in [0.25, 0.3) is 0 Å². The fraction of sp³-hybridized carbons (Fsp3) is 0.462. The first kappa shape index (κ1) is 16.6. The zero-order valence-corrected chi connectivity index (χ0v) is 12.2. The molecule has 0 aliphatic carbocycles. The average Bonchev–Trinajstić information content (AvgIpc) is 2.43. The summed E-state index contributed by atoms with van der Waals surface area (Å²) in [5, 5.41) is 3.08. The molecule has 0 spiro atoms. The van der Waals surface area contributed by atoms with E-state index in [4.69, 9.17) is 0 Å². The quantitative estimate of drug-likeness (QED) is 0.573. The smallest absolute Gasteiger partial charge is 0.268 e. The predicted molar refractivity (Wildman–Crippen MR) is 73.2 cm³/mol. The van der Waals surface area contributed by atoms with Crippen molar-refractivity contribution in [3.05, 3.63) is 35.9 Å². The molecule has 0 aliphatic rings. The Balaban J connectivity index is 2.83.